The van der Waals surface area contributed by atoms with Crippen LogP contribution >= 0.6 is 0 Å². The summed E-state index contributed by atoms with van der Waals surface area (Å²) in [6.07, 6.45) is 0. The maximum Gasteiger partial charge on any atom is 0.134 e. The largest absolute Gasteiger partial charge is 0.508 e. The number of nitrogens with one attached hydrogen (secondary N) is 1. The molecule has 4 heteroatoms. The first-order valence-electron chi connectivity index (χ1n) is 9.97. The van der Waals surface area contributed by atoms with Gasteiger partial charge in [-0.3, -0.25) is 4.90 Å². The van der Waals surface area contributed by atoms with Gasteiger partial charge in [0.05, 0.1) is 0 Å². The molecule has 0 radical (unpaired) electrons. The Morgan fingerprint density at radius 2 is 1.85 bits per heavy atom. The Balaban J connectivity index is 1.96. The second-order valence-corrected chi connectivity index (χ2v) is 7.72. The number of aryl methyl sites for hydroxylation is 1. The predicted molar refractivity (Wildman–Crippen MR) is 112 cm³/mol. The SMILES string of the molecule is Cc1ccccc1-c1c(C(C)C)cc(O)c(C)c1OCCN1CCNCC1. The van der Waals surface area contributed by atoms with Crippen LogP contribution in [0.1, 0.15) is 36.5 Å². The van der Waals surface area contributed by atoms with Gasteiger partial charge in [0.15, 0.2) is 0 Å². The third kappa shape index (κ3) is 4.45. The first-order chi connectivity index (χ1) is 13.0. The fourth-order valence-corrected chi connectivity index (χ4v) is 3.74. The second-order valence-electron chi connectivity index (χ2n) is 7.72. The Bertz CT molecular complexity index is 780. The van der Waals surface area contributed by atoms with Crippen LogP contribution in [0.5, 0.6) is 11.5 Å². The fraction of sp³-hybridized carbons (Fsp3) is 0.478. The lowest BCUT2D eigenvalue weighted by atomic mass is 9.88. The highest BCUT2D eigenvalue weighted by atomic mass is 16.5. The molecule has 0 atom stereocenters. The van der Waals surface area contributed by atoms with Crippen molar-refractivity contribution < 1.29 is 9.84 Å². The minimum Gasteiger partial charge on any atom is -0.508 e. The van der Waals surface area contributed by atoms with Crippen LogP contribution in [0.15, 0.2) is 30.3 Å². The summed E-state index contributed by atoms with van der Waals surface area (Å²) in [6.45, 7) is 14.1. The number of rotatable bonds is 6. The Hall–Kier alpha value is -2.04. The Kier molecular flexibility index (Phi) is 6.40. The van der Waals surface area contributed by atoms with E-state index in [1.807, 2.05) is 13.0 Å². The molecule has 0 spiro atoms. The zero-order valence-corrected chi connectivity index (χ0v) is 17.0. The van der Waals surface area contributed by atoms with Crippen molar-refractivity contribution in [2.75, 3.05) is 39.3 Å². The third-order valence-electron chi connectivity index (χ3n) is 5.43. The quantitative estimate of drug-likeness (QED) is 0.806. The number of hydrogen-bond acceptors (Lipinski definition) is 4. The van der Waals surface area contributed by atoms with E-state index in [-0.39, 0.29) is 0 Å². The van der Waals surface area contributed by atoms with Crippen LogP contribution in [-0.2, 0) is 0 Å². The maximum absolute atomic E-state index is 10.5. The summed E-state index contributed by atoms with van der Waals surface area (Å²) in [5, 5.41) is 13.9. The molecule has 2 aromatic rings. The second kappa shape index (κ2) is 8.77. The monoisotopic (exact) mass is 368 g/mol. The standard InChI is InChI=1S/C23H32N2O2/c1-16(2)20-15-21(26)18(4)23(22(20)19-8-6-5-7-17(19)3)27-14-13-25-11-9-24-10-12-25/h5-8,15-16,24,26H,9-14H2,1-4H3. The topological polar surface area (TPSA) is 44.7 Å². The third-order valence-corrected chi connectivity index (χ3v) is 5.43. The smallest absolute Gasteiger partial charge is 0.134 e. The van der Waals surface area contributed by atoms with Crippen molar-refractivity contribution in [1.82, 2.24) is 10.2 Å². The first-order valence-corrected chi connectivity index (χ1v) is 9.97. The molecule has 0 unspecified atom stereocenters. The summed E-state index contributed by atoms with van der Waals surface area (Å²) in [7, 11) is 0. The lowest BCUT2D eigenvalue weighted by Gasteiger charge is -2.28. The number of phenols is 1. The molecule has 1 saturated heterocycles. The van der Waals surface area contributed by atoms with Crippen LogP contribution in [0.2, 0.25) is 0 Å². The van der Waals surface area contributed by atoms with Crippen LogP contribution in [0, 0.1) is 13.8 Å². The Morgan fingerprint density at radius 3 is 2.52 bits per heavy atom. The van der Waals surface area contributed by atoms with Crippen molar-refractivity contribution in [2.24, 2.45) is 0 Å². The summed E-state index contributed by atoms with van der Waals surface area (Å²) < 4.78 is 6.33. The zero-order valence-electron chi connectivity index (χ0n) is 17.0. The molecule has 0 amide bonds. The minimum absolute atomic E-state index is 0.293. The first kappa shape index (κ1) is 19.7. The molecule has 146 valence electrons. The van der Waals surface area contributed by atoms with Crippen molar-refractivity contribution in [1.29, 1.82) is 0 Å². The van der Waals surface area contributed by atoms with E-state index in [1.54, 1.807) is 0 Å². The van der Waals surface area contributed by atoms with Gasteiger partial charge in [-0.2, -0.15) is 0 Å². The van der Waals surface area contributed by atoms with Crippen LogP contribution in [0.3, 0.4) is 0 Å². The molecule has 2 aromatic carbocycles. The van der Waals surface area contributed by atoms with E-state index in [4.69, 9.17) is 4.74 Å². The van der Waals surface area contributed by atoms with Crippen LogP contribution < -0.4 is 10.1 Å². The minimum atomic E-state index is 0.293. The molecule has 3 rings (SSSR count). The van der Waals surface area contributed by atoms with E-state index in [2.05, 4.69) is 55.3 Å². The highest BCUT2D eigenvalue weighted by molar-refractivity contribution is 5.80. The molecule has 2 N–H and O–H groups in total. The van der Waals surface area contributed by atoms with Gasteiger partial charge in [0, 0.05) is 43.9 Å². The zero-order chi connectivity index (χ0) is 19.4. The molecule has 4 nitrogen and oxygen atoms in total. The molecule has 1 fully saturated rings. The van der Waals surface area contributed by atoms with Gasteiger partial charge in [0.2, 0.25) is 0 Å². The summed E-state index contributed by atoms with van der Waals surface area (Å²) >= 11 is 0. The molecule has 0 aromatic heterocycles. The molecule has 0 bridgehead atoms. The van der Waals surface area contributed by atoms with Crippen molar-refractivity contribution in [2.45, 2.75) is 33.6 Å². The normalized spacial score (nSPS) is 15.3. The lowest BCUT2D eigenvalue weighted by Crippen LogP contribution is -2.44. The molecular weight excluding hydrogens is 336 g/mol. The molecule has 1 heterocycles. The van der Waals surface area contributed by atoms with Crippen molar-refractivity contribution in [3.8, 4) is 22.6 Å². The Labute approximate surface area is 163 Å². The summed E-state index contributed by atoms with van der Waals surface area (Å²) in [4.78, 5) is 2.42. The molecule has 0 saturated carbocycles. The van der Waals surface area contributed by atoms with Crippen LogP contribution in [-0.4, -0.2) is 49.3 Å². The molecule has 0 aliphatic carbocycles. The van der Waals surface area contributed by atoms with E-state index < -0.39 is 0 Å². The van der Waals surface area contributed by atoms with Crippen molar-refractivity contribution in [3.05, 3.63) is 47.0 Å². The van der Waals surface area contributed by atoms with Gasteiger partial charge in [-0.25, -0.2) is 0 Å². The van der Waals surface area contributed by atoms with Gasteiger partial charge in [-0.1, -0.05) is 38.1 Å². The molecule has 27 heavy (non-hydrogen) atoms. The summed E-state index contributed by atoms with van der Waals surface area (Å²) in [5.41, 5.74) is 5.47. The number of hydrogen-bond donors (Lipinski definition) is 2. The van der Waals surface area contributed by atoms with Gasteiger partial charge in [0.25, 0.3) is 0 Å². The van der Waals surface area contributed by atoms with Gasteiger partial charge in [-0.05, 0) is 42.5 Å². The van der Waals surface area contributed by atoms with E-state index in [0.717, 1.165) is 55.2 Å². The number of ether oxygens (including phenoxy) is 1. The molecule has 1 aliphatic heterocycles. The van der Waals surface area contributed by atoms with E-state index in [9.17, 15) is 5.11 Å². The molecule has 1 aliphatic rings. The van der Waals surface area contributed by atoms with E-state index in [1.165, 1.54) is 11.1 Å². The average Bonchev–Trinajstić information content (AvgIpc) is 2.66. The summed E-state index contributed by atoms with van der Waals surface area (Å²) in [6, 6.07) is 10.3. The van der Waals surface area contributed by atoms with Gasteiger partial charge >= 0.3 is 0 Å². The van der Waals surface area contributed by atoms with Gasteiger partial charge < -0.3 is 15.2 Å². The number of phenolic OH excluding ortho intramolecular Hbond substituents is 1. The summed E-state index contributed by atoms with van der Waals surface area (Å²) in [5.74, 6) is 1.43. The number of aromatic hydroxyl groups is 1. The maximum atomic E-state index is 10.5. The Morgan fingerprint density at radius 1 is 1.15 bits per heavy atom. The highest BCUT2D eigenvalue weighted by Crippen LogP contribution is 2.44. The number of benzene rings is 2. The predicted octanol–water partition coefficient (Wildman–Crippen LogP) is 4.08. The van der Waals surface area contributed by atoms with Crippen LogP contribution in [0.25, 0.3) is 11.1 Å². The van der Waals surface area contributed by atoms with E-state index in [0.29, 0.717) is 18.3 Å². The lowest BCUT2D eigenvalue weighted by molar-refractivity contribution is 0.191. The number of piperazine rings is 1. The highest BCUT2D eigenvalue weighted by Gasteiger charge is 2.21. The average molecular weight is 369 g/mol. The molecular formula is C23H32N2O2. The fourth-order valence-electron chi connectivity index (χ4n) is 3.74. The number of nitrogens with zero attached hydrogens (tertiary/aromatic N) is 1. The van der Waals surface area contributed by atoms with Crippen molar-refractivity contribution in [3.63, 3.8) is 0 Å². The van der Waals surface area contributed by atoms with Crippen LogP contribution in [0.4, 0.5) is 0 Å². The van der Waals surface area contributed by atoms with Crippen molar-refractivity contribution >= 4 is 0 Å². The van der Waals surface area contributed by atoms with Gasteiger partial charge in [-0.15, -0.1) is 0 Å². The van der Waals surface area contributed by atoms with E-state index >= 15 is 0 Å². The van der Waals surface area contributed by atoms with Gasteiger partial charge in [0.1, 0.15) is 18.1 Å².